The van der Waals surface area contributed by atoms with E-state index in [0.717, 1.165) is 22.6 Å². The van der Waals surface area contributed by atoms with Crippen LogP contribution in [-0.2, 0) is 11.4 Å². The van der Waals surface area contributed by atoms with Gasteiger partial charge >= 0.3 is 6.36 Å². The maximum Gasteiger partial charge on any atom is 0.573 e. The molecular weight excluding hydrogens is 505 g/mol. The van der Waals surface area contributed by atoms with Gasteiger partial charge in [-0.15, -0.1) is 13.2 Å². The quantitative estimate of drug-likeness (QED) is 0.356. The number of amides is 1. The van der Waals surface area contributed by atoms with Crippen LogP contribution >= 0.6 is 11.8 Å². The molecule has 1 aliphatic heterocycles. The number of halogens is 3. The summed E-state index contributed by atoms with van der Waals surface area (Å²) in [7, 11) is 1.62. The zero-order chi connectivity index (χ0) is 26.3. The van der Waals surface area contributed by atoms with Gasteiger partial charge in [0.1, 0.15) is 23.9 Å². The first-order chi connectivity index (χ1) is 17.8. The first kappa shape index (κ1) is 26.2. The number of hydrogen-bond acceptors (Lipinski definition) is 6. The van der Waals surface area contributed by atoms with E-state index in [1.807, 2.05) is 24.3 Å². The largest absolute Gasteiger partial charge is 0.573 e. The highest BCUT2D eigenvalue weighted by Crippen LogP contribution is 2.30. The van der Waals surface area contributed by atoms with Gasteiger partial charge in [0.25, 0.3) is 0 Å². The second kappa shape index (κ2) is 11.9. The smallest absolute Gasteiger partial charge is 0.497 e. The highest BCUT2D eigenvalue weighted by molar-refractivity contribution is 8.14. The molecule has 4 rings (SSSR count). The van der Waals surface area contributed by atoms with Crippen LogP contribution in [0.1, 0.15) is 22.7 Å². The van der Waals surface area contributed by atoms with E-state index >= 15 is 0 Å². The van der Waals surface area contributed by atoms with Gasteiger partial charge in [0.05, 0.1) is 13.2 Å². The van der Waals surface area contributed by atoms with E-state index in [0.29, 0.717) is 16.5 Å². The molecule has 0 radical (unpaired) electrons. The molecule has 10 heteroatoms. The number of aliphatic imine (C=N–C) groups is 1. The van der Waals surface area contributed by atoms with Crippen molar-refractivity contribution in [1.29, 1.82) is 0 Å². The lowest BCUT2D eigenvalue weighted by Crippen LogP contribution is -2.25. The molecule has 1 heterocycles. The Morgan fingerprint density at radius 1 is 1.00 bits per heavy atom. The summed E-state index contributed by atoms with van der Waals surface area (Å²) in [6.07, 6.45) is -1.61. The molecule has 1 amide bonds. The van der Waals surface area contributed by atoms with Gasteiger partial charge in [0.2, 0.25) is 5.91 Å². The average Bonchev–Trinajstić information content (AvgIpc) is 3.35. The fourth-order valence-corrected chi connectivity index (χ4v) is 4.34. The monoisotopic (exact) mass is 528 g/mol. The van der Waals surface area contributed by atoms with Gasteiger partial charge < -0.3 is 19.5 Å². The van der Waals surface area contributed by atoms with Crippen molar-refractivity contribution in [3.63, 3.8) is 0 Å². The Morgan fingerprint density at radius 3 is 2.30 bits per heavy atom. The SMILES string of the molecule is COc1ccc(C2CSC(NC(=O)/C=C/c3ccc(OCc4ccc(OC(F)(F)F)cc4)cc3)=N2)cc1. The number of ether oxygens (including phenoxy) is 3. The zero-order valence-electron chi connectivity index (χ0n) is 19.7. The summed E-state index contributed by atoms with van der Waals surface area (Å²) in [4.78, 5) is 16.9. The van der Waals surface area contributed by atoms with Gasteiger partial charge in [0, 0.05) is 11.8 Å². The summed E-state index contributed by atoms with van der Waals surface area (Å²) >= 11 is 1.49. The fourth-order valence-electron chi connectivity index (χ4n) is 3.39. The summed E-state index contributed by atoms with van der Waals surface area (Å²) in [5.74, 6) is 1.55. The van der Waals surface area contributed by atoms with E-state index in [2.05, 4.69) is 15.0 Å². The van der Waals surface area contributed by atoms with Crippen LogP contribution in [0.15, 0.2) is 83.9 Å². The van der Waals surface area contributed by atoms with Crippen LogP contribution in [0, 0.1) is 0 Å². The molecule has 0 aromatic heterocycles. The minimum Gasteiger partial charge on any atom is -0.497 e. The minimum absolute atomic E-state index is 0.0195. The van der Waals surface area contributed by atoms with Gasteiger partial charge in [-0.1, -0.05) is 48.2 Å². The molecule has 0 saturated carbocycles. The third-order valence-electron chi connectivity index (χ3n) is 5.25. The van der Waals surface area contributed by atoms with Crippen LogP contribution in [0.2, 0.25) is 0 Å². The number of nitrogens with one attached hydrogen (secondary N) is 1. The molecule has 6 nitrogen and oxygen atoms in total. The Hall–Kier alpha value is -3.92. The predicted octanol–water partition coefficient (Wildman–Crippen LogP) is 6.15. The number of nitrogens with zero attached hydrogens (tertiary/aromatic N) is 1. The molecule has 0 fully saturated rings. The summed E-state index contributed by atoms with van der Waals surface area (Å²) in [5, 5.41) is 3.38. The average molecular weight is 529 g/mol. The normalized spacial score (nSPS) is 15.4. The molecule has 0 bridgehead atoms. The van der Waals surface area contributed by atoms with Crippen molar-refractivity contribution in [2.75, 3.05) is 12.9 Å². The van der Waals surface area contributed by atoms with Crippen LogP contribution in [0.25, 0.3) is 6.08 Å². The third-order valence-corrected chi connectivity index (χ3v) is 6.21. The maximum absolute atomic E-state index is 12.3. The zero-order valence-corrected chi connectivity index (χ0v) is 20.5. The number of thioether (sulfide) groups is 1. The van der Waals surface area contributed by atoms with Crippen LogP contribution in [0.4, 0.5) is 13.2 Å². The number of carbonyl (C=O) groups excluding carboxylic acids is 1. The Kier molecular flexibility index (Phi) is 8.39. The van der Waals surface area contributed by atoms with E-state index in [4.69, 9.17) is 9.47 Å². The number of hydrogen-bond donors (Lipinski definition) is 1. The Labute approximate surface area is 216 Å². The van der Waals surface area contributed by atoms with Crippen molar-refractivity contribution >= 4 is 28.9 Å². The first-order valence-corrected chi connectivity index (χ1v) is 12.2. The molecule has 1 unspecified atom stereocenters. The standard InChI is InChI=1S/C27H23F3N2O4S/c1-34-21-13-7-20(8-14-21)24-17-37-26(31-24)32-25(33)15-6-18-2-9-22(10-3-18)35-16-19-4-11-23(12-5-19)36-27(28,29)30/h2-15,24H,16-17H2,1H3,(H,31,32,33)/b15-6+. The van der Waals surface area contributed by atoms with Crippen LogP contribution in [0.3, 0.4) is 0 Å². The van der Waals surface area contributed by atoms with Gasteiger partial charge in [-0.3, -0.25) is 9.79 Å². The Balaban J connectivity index is 1.24. The maximum atomic E-state index is 12.3. The molecule has 1 N–H and O–H groups in total. The number of benzene rings is 3. The lowest BCUT2D eigenvalue weighted by molar-refractivity contribution is -0.274. The van der Waals surface area contributed by atoms with E-state index in [9.17, 15) is 18.0 Å². The Bertz CT molecular complexity index is 1260. The molecule has 37 heavy (non-hydrogen) atoms. The number of carbonyl (C=O) groups is 1. The van der Waals surface area contributed by atoms with E-state index < -0.39 is 6.36 Å². The van der Waals surface area contributed by atoms with E-state index in [1.54, 1.807) is 37.5 Å². The molecule has 1 aliphatic rings. The lowest BCUT2D eigenvalue weighted by atomic mass is 10.1. The number of amidine groups is 1. The highest BCUT2D eigenvalue weighted by Gasteiger charge is 2.31. The number of rotatable bonds is 8. The summed E-state index contributed by atoms with van der Waals surface area (Å²) in [5.41, 5.74) is 2.55. The van der Waals surface area contributed by atoms with E-state index in [1.165, 1.54) is 42.1 Å². The predicted molar refractivity (Wildman–Crippen MR) is 137 cm³/mol. The highest BCUT2D eigenvalue weighted by atomic mass is 32.2. The molecule has 3 aromatic carbocycles. The van der Waals surface area contributed by atoms with Crippen molar-refractivity contribution < 1.29 is 32.2 Å². The van der Waals surface area contributed by atoms with Crippen LogP contribution < -0.4 is 19.5 Å². The first-order valence-electron chi connectivity index (χ1n) is 11.2. The number of methoxy groups -OCH3 is 1. The second-order valence-electron chi connectivity index (χ2n) is 7.91. The van der Waals surface area contributed by atoms with Crippen molar-refractivity contribution in [1.82, 2.24) is 5.32 Å². The van der Waals surface area contributed by atoms with Crippen molar-refractivity contribution in [2.24, 2.45) is 4.99 Å². The van der Waals surface area contributed by atoms with Crippen molar-refractivity contribution in [3.05, 3.63) is 95.6 Å². The minimum atomic E-state index is -4.72. The van der Waals surface area contributed by atoms with Gasteiger partial charge in [-0.25, -0.2) is 0 Å². The molecule has 0 aliphatic carbocycles. The molecule has 0 saturated heterocycles. The van der Waals surface area contributed by atoms with Gasteiger partial charge in [-0.05, 0) is 59.2 Å². The topological polar surface area (TPSA) is 69.2 Å². The lowest BCUT2D eigenvalue weighted by Gasteiger charge is -2.10. The molecule has 1 atom stereocenters. The molecule has 192 valence electrons. The van der Waals surface area contributed by atoms with E-state index in [-0.39, 0.29) is 24.3 Å². The van der Waals surface area contributed by atoms with Gasteiger partial charge in [-0.2, -0.15) is 0 Å². The molecule has 3 aromatic rings. The Morgan fingerprint density at radius 2 is 1.65 bits per heavy atom. The molecular formula is C27H23F3N2O4S. The van der Waals surface area contributed by atoms with Gasteiger partial charge in [0.15, 0.2) is 5.17 Å². The summed E-state index contributed by atoms with van der Waals surface area (Å²) in [6, 6.07) is 20.2. The summed E-state index contributed by atoms with van der Waals surface area (Å²) in [6.45, 7) is 0.182. The van der Waals surface area contributed by atoms with Crippen molar-refractivity contribution in [3.8, 4) is 17.2 Å². The molecule has 0 spiro atoms. The van der Waals surface area contributed by atoms with Crippen LogP contribution in [0.5, 0.6) is 17.2 Å². The van der Waals surface area contributed by atoms with Crippen LogP contribution in [-0.4, -0.2) is 30.3 Å². The third kappa shape index (κ3) is 8.04. The fraction of sp³-hybridized carbons (Fsp3) is 0.185. The number of alkyl halides is 3. The summed E-state index contributed by atoms with van der Waals surface area (Å²) < 4.78 is 51.4. The van der Waals surface area contributed by atoms with Crippen molar-refractivity contribution in [2.45, 2.75) is 19.0 Å². The second-order valence-corrected chi connectivity index (χ2v) is 8.91.